The molecular weight excluding hydrogens is 328 g/mol. The largest absolute Gasteiger partial charge is 0.494 e. The van der Waals surface area contributed by atoms with Crippen molar-refractivity contribution in [3.8, 4) is 5.75 Å². The SMILES string of the molecule is CCOc1ccc(/C=N/OCC(=O)Nc2ccccc2C(C)(C)C)cc1. The normalized spacial score (nSPS) is 11.4. The van der Waals surface area contributed by atoms with E-state index in [0.717, 1.165) is 22.6 Å². The van der Waals surface area contributed by atoms with Gasteiger partial charge in [0, 0.05) is 5.69 Å². The third-order valence-electron chi connectivity index (χ3n) is 3.67. The molecule has 0 radical (unpaired) electrons. The minimum Gasteiger partial charge on any atom is -0.494 e. The first-order chi connectivity index (χ1) is 12.4. The number of oxime groups is 1. The number of anilines is 1. The lowest BCUT2D eigenvalue weighted by molar-refractivity contribution is -0.120. The topological polar surface area (TPSA) is 59.9 Å². The Bertz CT molecular complexity index is 747. The van der Waals surface area contributed by atoms with E-state index < -0.39 is 0 Å². The van der Waals surface area contributed by atoms with Crippen LogP contribution in [0.1, 0.15) is 38.8 Å². The maximum Gasteiger partial charge on any atom is 0.265 e. The summed E-state index contributed by atoms with van der Waals surface area (Å²) in [5, 5.41) is 6.73. The standard InChI is InChI=1S/C21H26N2O3/c1-5-25-17-12-10-16(11-13-17)14-22-26-15-20(24)23-19-9-7-6-8-18(19)21(2,3)4/h6-14H,5,15H2,1-4H3,(H,23,24)/b22-14+. The summed E-state index contributed by atoms with van der Waals surface area (Å²) in [6.45, 7) is 8.74. The van der Waals surface area contributed by atoms with Crippen LogP contribution in [-0.4, -0.2) is 25.3 Å². The quantitative estimate of drug-likeness (QED) is 0.593. The highest BCUT2D eigenvalue weighted by molar-refractivity contribution is 5.92. The number of para-hydroxylation sites is 1. The molecule has 2 rings (SSSR count). The number of carbonyl (C=O) groups excluding carboxylic acids is 1. The van der Waals surface area contributed by atoms with Gasteiger partial charge in [0.15, 0.2) is 6.61 Å². The number of rotatable bonds is 7. The maximum absolute atomic E-state index is 12.1. The second-order valence-corrected chi connectivity index (χ2v) is 6.85. The molecule has 2 aromatic rings. The van der Waals surface area contributed by atoms with Crippen LogP contribution in [0, 0.1) is 0 Å². The van der Waals surface area contributed by atoms with Crippen molar-refractivity contribution < 1.29 is 14.4 Å². The van der Waals surface area contributed by atoms with Gasteiger partial charge in [-0.1, -0.05) is 44.1 Å². The molecule has 0 saturated carbocycles. The Morgan fingerprint density at radius 1 is 1.12 bits per heavy atom. The number of hydrogen-bond acceptors (Lipinski definition) is 4. The summed E-state index contributed by atoms with van der Waals surface area (Å²) in [6, 6.07) is 15.2. The van der Waals surface area contributed by atoms with Gasteiger partial charge in [0.25, 0.3) is 5.91 Å². The number of benzene rings is 2. The minimum absolute atomic E-state index is 0.0590. The van der Waals surface area contributed by atoms with E-state index in [2.05, 4.69) is 31.2 Å². The maximum atomic E-state index is 12.1. The smallest absolute Gasteiger partial charge is 0.265 e. The summed E-state index contributed by atoms with van der Waals surface area (Å²) >= 11 is 0. The fourth-order valence-electron chi connectivity index (χ4n) is 2.44. The molecule has 0 aliphatic carbocycles. The molecule has 0 fully saturated rings. The number of carbonyl (C=O) groups is 1. The highest BCUT2D eigenvalue weighted by Gasteiger charge is 2.18. The summed E-state index contributed by atoms with van der Waals surface area (Å²) in [4.78, 5) is 17.2. The summed E-state index contributed by atoms with van der Waals surface area (Å²) in [5.41, 5.74) is 2.68. The van der Waals surface area contributed by atoms with E-state index in [9.17, 15) is 4.79 Å². The lowest BCUT2D eigenvalue weighted by Crippen LogP contribution is -2.21. The molecule has 0 heterocycles. The summed E-state index contributed by atoms with van der Waals surface area (Å²) in [7, 11) is 0. The van der Waals surface area contributed by atoms with Gasteiger partial charge < -0.3 is 14.9 Å². The highest BCUT2D eigenvalue weighted by atomic mass is 16.6. The molecule has 1 N–H and O–H groups in total. The number of nitrogens with zero attached hydrogens (tertiary/aromatic N) is 1. The van der Waals surface area contributed by atoms with Gasteiger partial charge in [0.1, 0.15) is 5.75 Å². The monoisotopic (exact) mass is 354 g/mol. The molecule has 2 aromatic carbocycles. The predicted molar refractivity (Wildman–Crippen MR) is 105 cm³/mol. The van der Waals surface area contributed by atoms with Crippen LogP contribution < -0.4 is 10.1 Å². The fourth-order valence-corrected chi connectivity index (χ4v) is 2.44. The third kappa shape index (κ3) is 5.92. The van der Waals surface area contributed by atoms with Crippen LogP contribution in [0.4, 0.5) is 5.69 Å². The van der Waals surface area contributed by atoms with Gasteiger partial charge in [-0.2, -0.15) is 0 Å². The van der Waals surface area contributed by atoms with Gasteiger partial charge >= 0.3 is 0 Å². The first-order valence-electron chi connectivity index (χ1n) is 8.67. The molecule has 0 aliphatic rings. The fraction of sp³-hybridized carbons (Fsp3) is 0.333. The van der Waals surface area contributed by atoms with Crippen LogP contribution in [0.2, 0.25) is 0 Å². The van der Waals surface area contributed by atoms with Gasteiger partial charge in [-0.25, -0.2) is 0 Å². The Balaban J connectivity index is 1.86. The van der Waals surface area contributed by atoms with E-state index in [-0.39, 0.29) is 17.9 Å². The molecule has 0 aliphatic heterocycles. The van der Waals surface area contributed by atoms with Crippen molar-refractivity contribution in [2.45, 2.75) is 33.1 Å². The molecule has 26 heavy (non-hydrogen) atoms. The van der Waals surface area contributed by atoms with Crippen LogP contribution in [0.25, 0.3) is 0 Å². The zero-order valence-electron chi connectivity index (χ0n) is 15.8. The van der Waals surface area contributed by atoms with Crippen molar-refractivity contribution in [1.29, 1.82) is 0 Å². The van der Waals surface area contributed by atoms with Crippen molar-refractivity contribution >= 4 is 17.8 Å². The zero-order chi connectivity index (χ0) is 19.0. The summed E-state index contributed by atoms with van der Waals surface area (Å²) < 4.78 is 5.38. The molecule has 0 unspecified atom stereocenters. The predicted octanol–water partition coefficient (Wildman–Crippen LogP) is 4.37. The van der Waals surface area contributed by atoms with Crippen LogP contribution in [0.15, 0.2) is 53.7 Å². The summed E-state index contributed by atoms with van der Waals surface area (Å²) in [6.07, 6.45) is 1.56. The number of amides is 1. The van der Waals surface area contributed by atoms with Crippen molar-refractivity contribution in [2.24, 2.45) is 5.16 Å². The highest BCUT2D eigenvalue weighted by Crippen LogP contribution is 2.29. The van der Waals surface area contributed by atoms with Crippen LogP contribution in [-0.2, 0) is 15.0 Å². The van der Waals surface area contributed by atoms with Crippen LogP contribution in [0.5, 0.6) is 5.75 Å². The van der Waals surface area contributed by atoms with Crippen molar-refractivity contribution in [1.82, 2.24) is 0 Å². The summed E-state index contributed by atoms with van der Waals surface area (Å²) in [5.74, 6) is 0.563. The number of hydrogen-bond donors (Lipinski definition) is 1. The Morgan fingerprint density at radius 3 is 2.46 bits per heavy atom. The average Bonchev–Trinajstić information content (AvgIpc) is 2.60. The van der Waals surface area contributed by atoms with E-state index in [0.29, 0.717) is 6.61 Å². The number of ether oxygens (including phenoxy) is 1. The van der Waals surface area contributed by atoms with Gasteiger partial charge in [-0.3, -0.25) is 4.79 Å². The molecule has 5 heteroatoms. The van der Waals surface area contributed by atoms with Gasteiger partial charge in [0.2, 0.25) is 0 Å². The van der Waals surface area contributed by atoms with Crippen LogP contribution >= 0.6 is 0 Å². The van der Waals surface area contributed by atoms with Crippen LogP contribution in [0.3, 0.4) is 0 Å². The third-order valence-corrected chi connectivity index (χ3v) is 3.67. The van der Waals surface area contributed by atoms with Crippen molar-refractivity contribution in [3.05, 3.63) is 59.7 Å². The lowest BCUT2D eigenvalue weighted by atomic mass is 9.86. The van der Waals surface area contributed by atoms with E-state index >= 15 is 0 Å². The van der Waals surface area contributed by atoms with E-state index in [1.807, 2.05) is 55.5 Å². The molecular formula is C21H26N2O3. The molecule has 5 nitrogen and oxygen atoms in total. The second-order valence-electron chi connectivity index (χ2n) is 6.85. The molecule has 0 bridgehead atoms. The van der Waals surface area contributed by atoms with E-state index in [1.54, 1.807) is 6.21 Å². The first kappa shape index (κ1) is 19.5. The molecule has 1 amide bonds. The molecule has 0 saturated heterocycles. The lowest BCUT2D eigenvalue weighted by Gasteiger charge is -2.22. The van der Waals surface area contributed by atoms with Gasteiger partial charge in [0.05, 0.1) is 12.8 Å². The molecule has 0 spiro atoms. The Labute approximate surface area is 155 Å². The second kappa shape index (κ2) is 9.04. The van der Waals surface area contributed by atoms with Gasteiger partial charge in [-0.05, 0) is 53.8 Å². The Morgan fingerprint density at radius 2 is 1.81 bits per heavy atom. The van der Waals surface area contributed by atoms with E-state index in [4.69, 9.17) is 9.57 Å². The Kier molecular flexibility index (Phi) is 6.78. The van der Waals surface area contributed by atoms with Crippen molar-refractivity contribution in [3.63, 3.8) is 0 Å². The molecule has 138 valence electrons. The van der Waals surface area contributed by atoms with E-state index in [1.165, 1.54) is 0 Å². The average molecular weight is 354 g/mol. The van der Waals surface area contributed by atoms with Crippen molar-refractivity contribution in [2.75, 3.05) is 18.5 Å². The first-order valence-corrected chi connectivity index (χ1v) is 8.67. The number of nitrogens with one attached hydrogen (secondary N) is 1. The zero-order valence-corrected chi connectivity index (χ0v) is 15.8. The Hall–Kier alpha value is -2.82. The minimum atomic E-state index is -0.245. The van der Waals surface area contributed by atoms with Gasteiger partial charge in [-0.15, -0.1) is 0 Å². The molecule has 0 atom stereocenters. The molecule has 0 aromatic heterocycles.